The number of ketones is 1. The zero-order valence-corrected chi connectivity index (χ0v) is 14.5. The number of carbonyl (C=O) groups excluding carboxylic acids is 1. The summed E-state index contributed by atoms with van der Waals surface area (Å²) in [5.41, 5.74) is 1.80. The highest BCUT2D eigenvalue weighted by molar-refractivity contribution is 6.60. The number of hydrogen-bond donors (Lipinski definition) is 0. The first kappa shape index (κ1) is 18.0. The van der Waals surface area contributed by atoms with Crippen molar-refractivity contribution in [3.8, 4) is 0 Å². The van der Waals surface area contributed by atoms with E-state index >= 15 is 0 Å². The Morgan fingerprint density at radius 1 is 1.00 bits per heavy atom. The quantitative estimate of drug-likeness (QED) is 0.490. The largest absolute Gasteiger partial charge is 0.501 e. The van der Waals surface area contributed by atoms with Crippen molar-refractivity contribution >= 4 is 14.6 Å². The minimum absolute atomic E-state index is 0.0853. The van der Waals surface area contributed by atoms with Gasteiger partial charge in [0.1, 0.15) is 0 Å². The SMILES string of the molecule is CCO[Si](CCc1ccccc1C(C)=O)(OCC)OCC. The monoisotopic (exact) mass is 310 g/mol. The molecule has 1 aromatic rings. The van der Waals surface area contributed by atoms with Crippen LogP contribution in [-0.4, -0.2) is 34.4 Å². The van der Waals surface area contributed by atoms with Gasteiger partial charge in [-0.15, -0.1) is 0 Å². The summed E-state index contributed by atoms with van der Waals surface area (Å²) >= 11 is 0. The Kier molecular flexibility index (Phi) is 7.81. The molecule has 21 heavy (non-hydrogen) atoms. The number of rotatable bonds is 10. The van der Waals surface area contributed by atoms with Crippen LogP contribution >= 0.6 is 0 Å². The van der Waals surface area contributed by atoms with Crippen molar-refractivity contribution in [3.63, 3.8) is 0 Å². The molecule has 0 saturated heterocycles. The Morgan fingerprint density at radius 2 is 1.52 bits per heavy atom. The van der Waals surface area contributed by atoms with Crippen molar-refractivity contribution in [3.05, 3.63) is 35.4 Å². The Bertz CT molecular complexity index is 431. The van der Waals surface area contributed by atoms with Crippen molar-refractivity contribution in [2.45, 2.75) is 40.2 Å². The summed E-state index contributed by atoms with van der Waals surface area (Å²) in [6.07, 6.45) is 0.724. The van der Waals surface area contributed by atoms with Crippen LogP contribution in [0.3, 0.4) is 0 Å². The van der Waals surface area contributed by atoms with Gasteiger partial charge in [-0.3, -0.25) is 4.79 Å². The molecule has 0 unspecified atom stereocenters. The highest BCUT2D eigenvalue weighted by Crippen LogP contribution is 2.21. The van der Waals surface area contributed by atoms with Crippen LogP contribution in [0.5, 0.6) is 0 Å². The predicted octanol–water partition coefficient (Wildman–Crippen LogP) is 3.48. The van der Waals surface area contributed by atoms with Gasteiger partial charge in [0.2, 0.25) is 0 Å². The van der Waals surface area contributed by atoms with Gasteiger partial charge in [0, 0.05) is 31.4 Å². The van der Waals surface area contributed by atoms with Crippen LogP contribution in [0.25, 0.3) is 0 Å². The summed E-state index contributed by atoms with van der Waals surface area (Å²) in [6, 6.07) is 8.38. The average Bonchev–Trinajstić information content (AvgIpc) is 2.46. The highest BCUT2D eigenvalue weighted by atomic mass is 28.4. The molecule has 0 aromatic heterocycles. The zero-order chi connectivity index (χ0) is 15.7. The van der Waals surface area contributed by atoms with Gasteiger partial charge >= 0.3 is 8.80 Å². The van der Waals surface area contributed by atoms with Crippen LogP contribution in [0.1, 0.15) is 43.6 Å². The molecular weight excluding hydrogens is 284 g/mol. The molecule has 0 heterocycles. The summed E-state index contributed by atoms with van der Waals surface area (Å²) in [5, 5.41) is 0. The van der Waals surface area contributed by atoms with Gasteiger partial charge in [-0.05, 0) is 39.7 Å². The van der Waals surface area contributed by atoms with Gasteiger partial charge in [0.25, 0.3) is 0 Å². The zero-order valence-electron chi connectivity index (χ0n) is 13.5. The fourth-order valence-corrected chi connectivity index (χ4v) is 4.95. The fraction of sp³-hybridized carbons (Fsp3) is 0.562. The second-order valence-corrected chi connectivity index (χ2v) is 7.43. The van der Waals surface area contributed by atoms with E-state index in [1.165, 1.54) is 0 Å². The van der Waals surface area contributed by atoms with Crippen molar-refractivity contribution in [1.29, 1.82) is 0 Å². The molecule has 0 aliphatic heterocycles. The molecule has 0 N–H and O–H groups in total. The van der Waals surface area contributed by atoms with Crippen LogP contribution in [-0.2, 0) is 19.7 Å². The summed E-state index contributed by atoms with van der Waals surface area (Å²) in [6.45, 7) is 9.15. The second kappa shape index (κ2) is 9.10. The molecule has 1 aromatic carbocycles. The maximum Gasteiger partial charge on any atom is 0.501 e. The number of hydrogen-bond acceptors (Lipinski definition) is 4. The molecular formula is C16H26O4Si. The average molecular weight is 310 g/mol. The Hall–Kier alpha value is -1.01. The smallest absolute Gasteiger partial charge is 0.374 e. The fourth-order valence-electron chi connectivity index (χ4n) is 2.37. The lowest BCUT2D eigenvalue weighted by Crippen LogP contribution is -2.46. The van der Waals surface area contributed by atoms with Crippen molar-refractivity contribution in [2.24, 2.45) is 0 Å². The number of benzene rings is 1. The Balaban J connectivity index is 2.87. The van der Waals surface area contributed by atoms with Crippen molar-refractivity contribution in [1.82, 2.24) is 0 Å². The molecule has 0 spiro atoms. The van der Waals surface area contributed by atoms with E-state index in [2.05, 4.69) is 0 Å². The van der Waals surface area contributed by atoms with Gasteiger partial charge in [0.05, 0.1) is 0 Å². The lowest BCUT2D eigenvalue weighted by molar-refractivity contribution is 0.0713. The number of carbonyl (C=O) groups is 1. The third-order valence-corrected chi connectivity index (χ3v) is 6.24. The van der Waals surface area contributed by atoms with Gasteiger partial charge in [-0.25, -0.2) is 0 Å². The van der Waals surface area contributed by atoms with Crippen molar-refractivity contribution in [2.75, 3.05) is 19.8 Å². The third kappa shape index (κ3) is 5.35. The lowest BCUT2D eigenvalue weighted by atomic mass is 10.0. The maximum absolute atomic E-state index is 11.7. The standard InChI is InChI=1S/C16H26O4Si/c1-5-18-21(19-6-2,20-7-3)13-12-15-10-8-9-11-16(15)14(4)17/h8-11H,5-7,12-13H2,1-4H3. The van der Waals surface area contributed by atoms with E-state index in [9.17, 15) is 4.79 Å². The molecule has 0 amide bonds. The summed E-state index contributed by atoms with van der Waals surface area (Å²) in [7, 11) is -2.65. The molecule has 0 saturated carbocycles. The molecule has 5 heteroatoms. The molecule has 0 bridgehead atoms. The highest BCUT2D eigenvalue weighted by Gasteiger charge is 2.40. The lowest BCUT2D eigenvalue weighted by Gasteiger charge is -2.28. The van der Waals surface area contributed by atoms with Crippen LogP contribution in [0.2, 0.25) is 6.04 Å². The summed E-state index contributed by atoms with van der Waals surface area (Å²) in [4.78, 5) is 11.7. The first-order chi connectivity index (χ1) is 10.1. The molecule has 0 aliphatic rings. The van der Waals surface area contributed by atoms with Crippen LogP contribution in [0.15, 0.2) is 24.3 Å². The second-order valence-electron chi connectivity index (χ2n) is 4.70. The van der Waals surface area contributed by atoms with E-state index in [1.807, 2.05) is 45.0 Å². The molecule has 0 atom stereocenters. The van der Waals surface area contributed by atoms with Crippen molar-refractivity contribution < 1.29 is 18.1 Å². The van der Waals surface area contributed by atoms with E-state index in [0.717, 1.165) is 17.5 Å². The molecule has 1 rings (SSSR count). The Labute approximate surface area is 128 Å². The third-order valence-electron chi connectivity index (χ3n) is 3.19. The number of Topliss-reactive ketones (excluding diaryl/α,β-unsaturated/α-hetero) is 1. The van der Waals surface area contributed by atoms with Crippen LogP contribution < -0.4 is 0 Å². The molecule has 4 nitrogen and oxygen atoms in total. The summed E-state index contributed by atoms with van der Waals surface area (Å²) < 4.78 is 17.5. The van der Waals surface area contributed by atoms with Gasteiger partial charge in [-0.2, -0.15) is 0 Å². The molecule has 118 valence electrons. The molecule has 0 radical (unpaired) electrons. The van der Waals surface area contributed by atoms with Gasteiger partial charge in [0.15, 0.2) is 5.78 Å². The van der Waals surface area contributed by atoms with E-state index in [1.54, 1.807) is 6.92 Å². The first-order valence-electron chi connectivity index (χ1n) is 7.59. The van der Waals surface area contributed by atoms with Crippen LogP contribution in [0.4, 0.5) is 0 Å². The Morgan fingerprint density at radius 3 is 2.00 bits per heavy atom. The maximum atomic E-state index is 11.7. The normalized spacial score (nSPS) is 11.6. The van der Waals surface area contributed by atoms with E-state index in [-0.39, 0.29) is 5.78 Å². The minimum Gasteiger partial charge on any atom is -0.374 e. The molecule has 0 aliphatic carbocycles. The predicted molar refractivity (Wildman–Crippen MR) is 85.6 cm³/mol. The topological polar surface area (TPSA) is 44.8 Å². The van der Waals surface area contributed by atoms with E-state index in [0.29, 0.717) is 25.9 Å². The summed E-state index contributed by atoms with van der Waals surface area (Å²) in [5.74, 6) is 0.0853. The van der Waals surface area contributed by atoms with E-state index < -0.39 is 8.80 Å². The number of aryl methyl sites for hydroxylation is 1. The first-order valence-corrected chi connectivity index (χ1v) is 9.52. The minimum atomic E-state index is -2.65. The van der Waals surface area contributed by atoms with E-state index in [4.69, 9.17) is 13.3 Å². The molecule has 0 fully saturated rings. The van der Waals surface area contributed by atoms with Crippen LogP contribution in [0, 0.1) is 0 Å². The van der Waals surface area contributed by atoms with Gasteiger partial charge in [-0.1, -0.05) is 24.3 Å². The van der Waals surface area contributed by atoms with Gasteiger partial charge < -0.3 is 13.3 Å².